The van der Waals surface area contributed by atoms with Crippen LogP contribution in [0.5, 0.6) is 0 Å². The van der Waals surface area contributed by atoms with Gasteiger partial charge in [-0.25, -0.2) is 0 Å². The van der Waals surface area contributed by atoms with Gasteiger partial charge in [0, 0.05) is 13.1 Å². The van der Waals surface area contributed by atoms with Crippen LogP contribution in [0.15, 0.2) is 0 Å². The summed E-state index contributed by atoms with van der Waals surface area (Å²) in [4.78, 5) is 2.30. The van der Waals surface area contributed by atoms with Crippen LogP contribution in [0.4, 0.5) is 0 Å². The van der Waals surface area contributed by atoms with Gasteiger partial charge in [0.15, 0.2) is 0 Å². The number of rotatable bonds is 1. The maximum atomic E-state index is 5.51. The highest BCUT2D eigenvalue weighted by Gasteiger charge is 2.18. The molecule has 2 heteroatoms. The molecule has 1 aliphatic heterocycles. The fourth-order valence-electron chi connectivity index (χ4n) is 1.44. The quantitative estimate of drug-likeness (QED) is 0.625. The van der Waals surface area contributed by atoms with Crippen LogP contribution in [0.1, 0.15) is 40.5 Å². The Morgan fingerprint density at radius 3 is 1.69 bits per heavy atom. The van der Waals surface area contributed by atoms with Crippen LogP contribution in [-0.4, -0.2) is 37.2 Å². The Bertz CT molecular complexity index is 89.6. The van der Waals surface area contributed by atoms with Gasteiger partial charge in [0.2, 0.25) is 0 Å². The van der Waals surface area contributed by atoms with Gasteiger partial charge in [-0.15, -0.1) is 0 Å². The molecule has 0 N–H and O–H groups in total. The number of hydrogen-bond acceptors (Lipinski definition) is 2. The van der Waals surface area contributed by atoms with Crippen molar-refractivity contribution in [3.63, 3.8) is 0 Å². The molecule has 0 aliphatic carbocycles. The summed E-state index contributed by atoms with van der Waals surface area (Å²) in [5, 5.41) is 0. The van der Waals surface area contributed by atoms with E-state index in [9.17, 15) is 0 Å². The fourth-order valence-corrected chi connectivity index (χ4v) is 1.44. The van der Waals surface area contributed by atoms with Crippen molar-refractivity contribution in [2.24, 2.45) is 0 Å². The lowest BCUT2D eigenvalue weighted by atomic mass is 10.2. The van der Waals surface area contributed by atoms with Gasteiger partial charge in [0.05, 0.1) is 12.2 Å². The summed E-state index contributed by atoms with van der Waals surface area (Å²) in [5.41, 5.74) is 0. The van der Waals surface area contributed by atoms with E-state index in [-0.39, 0.29) is 0 Å². The van der Waals surface area contributed by atoms with Crippen LogP contribution in [0, 0.1) is 0 Å². The monoisotopic (exact) mass is 187 g/mol. The van der Waals surface area contributed by atoms with Gasteiger partial charge in [0.25, 0.3) is 0 Å². The summed E-state index contributed by atoms with van der Waals surface area (Å²) in [5.74, 6) is 0. The summed E-state index contributed by atoms with van der Waals surface area (Å²) >= 11 is 0. The topological polar surface area (TPSA) is 12.5 Å². The largest absolute Gasteiger partial charge is 0.373 e. The van der Waals surface area contributed by atoms with E-state index in [0.29, 0.717) is 12.2 Å². The molecule has 0 spiro atoms. The van der Waals surface area contributed by atoms with Crippen molar-refractivity contribution in [3.05, 3.63) is 0 Å². The van der Waals surface area contributed by atoms with E-state index in [1.54, 1.807) is 0 Å². The minimum Gasteiger partial charge on any atom is -0.373 e. The zero-order chi connectivity index (χ0) is 10.3. The third kappa shape index (κ3) is 7.03. The van der Waals surface area contributed by atoms with E-state index in [2.05, 4.69) is 39.6 Å². The molecule has 0 aromatic heterocycles. The van der Waals surface area contributed by atoms with E-state index in [1.807, 2.05) is 0 Å². The van der Waals surface area contributed by atoms with Gasteiger partial charge in [-0.1, -0.05) is 26.7 Å². The van der Waals surface area contributed by atoms with Crippen LogP contribution in [0.25, 0.3) is 0 Å². The number of ether oxygens (including phenoxy) is 1. The van der Waals surface area contributed by atoms with Crippen molar-refractivity contribution in [1.82, 2.24) is 4.90 Å². The van der Waals surface area contributed by atoms with Gasteiger partial charge < -0.3 is 9.64 Å². The first-order valence-corrected chi connectivity index (χ1v) is 5.44. The second-order valence-corrected chi connectivity index (χ2v) is 3.98. The van der Waals surface area contributed by atoms with Crippen molar-refractivity contribution < 1.29 is 4.74 Å². The molecule has 0 saturated carbocycles. The third-order valence-electron chi connectivity index (χ3n) is 2.10. The summed E-state index contributed by atoms with van der Waals surface area (Å²) in [6, 6.07) is 0. The molecule has 1 rings (SSSR count). The van der Waals surface area contributed by atoms with Crippen LogP contribution < -0.4 is 0 Å². The summed E-state index contributed by atoms with van der Waals surface area (Å²) in [7, 11) is 2.13. The molecule has 1 saturated heterocycles. The molecule has 1 unspecified atom stereocenters. The SMILES string of the molecule is CC1CN(C)C[C@@H](C)O1.CCCC. The molecule has 0 aromatic rings. The Labute approximate surface area is 83.3 Å². The van der Waals surface area contributed by atoms with Crippen LogP contribution in [0.3, 0.4) is 0 Å². The van der Waals surface area contributed by atoms with Gasteiger partial charge in [-0.2, -0.15) is 0 Å². The molecule has 80 valence electrons. The average Bonchev–Trinajstić information content (AvgIpc) is 2.02. The standard InChI is InChI=1S/C7H15NO.C4H10/c1-6-4-8(3)5-7(2)9-6;1-3-4-2/h6-7H,4-5H2,1-3H3;3-4H2,1-2H3/t6-,7?;/m1./s1. The average molecular weight is 187 g/mol. The number of unbranched alkanes of at least 4 members (excludes halogenated alkanes) is 1. The lowest BCUT2D eigenvalue weighted by Gasteiger charge is -2.32. The molecule has 13 heavy (non-hydrogen) atoms. The highest BCUT2D eigenvalue weighted by atomic mass is 16.5. The lowest BCUT2D eigenvalue weighted by Crippen LogP contribution is -2.42. The van der Waals surface area contributed by atoms with Crippen LogP contribution >= 0.6 is 0 Å². The fraction of sp³-hybridized carbons (Fsp3) is 1.00. The van der Waals surface area contributed by atoms with Crippen molar-refractivity contribution >= 4 is 0 Å². The molecule has 1 heterocycles. The highest BCUT2D eigenvalue weighted by Crippen LogP contribution is 2.07. The Morgan fingerprint density at radius 1 is 1.08 bits per heavy atom. The second kappa shape index (κ2) is 7.34. The molecular formula is C11H25NO. The molecule has 0 bridgehead atoms. The second-order valence-electron chi connectivity index (χ2n) is 3.98. The van der Waals surface area contributed by atoms with Gasteiger partial charge in [-0.3, -0.25) is 0 Å². The Balaban J connectivity index is 0.000000310. The van der Waals surface area contributed by atoms with Crippen molar-refractivity contribution in [2.75, 3.05) is 20.1 Å². The first kappa shape index (κ1) is 12.9. The maximum absolute atomic E-state index is 5.51. The summed E-state index contributed by atoms with van der Waals surface area (Å²) in [6.45, 7) is 10.7. The number of likely N-dealkylation sites (N-methyl/N-ethyl adjacent to an activating group) is 1. The van der Waals surface area contributed by atoms with E-state index in [1.165, 1.54) is 12.8 Å². The first-order chi connectivity index (χ1) is 6.10. The molecule has 1 aliphatic rings. The van der Waals surface area contributed by atoms with Crippen molar-refractivity contribution in [2.45, 2.75) is 52.7 Å². The molecular weight excluding hydrogens is 162 g/mol. The number of morpholine rings is 1. The summed E-state index contributed by atoms with van der Waals surface area (Å²) in [6.07, 6.45) is 3.47. The lowest BCUT2D eigenvalue weighted by molar-refractivity contribution is -0.0602. The molecule has 0 radical (unpaired) electrons. The smallest absolute Gasteiger partial charge is 0.0678 e. The minimum absolute atomic E-state index is 0.416. The maximum Gasteiger partial charge on any atom is 0.0678 e. The van der Waals surface area contributed by atoms with Crippen molar-refractivity contribution in [1.29, 1.82) is 0 Å². The minimum atomic E-state index is 0.416. The van der Waals surface area contributed by atoms with E-state index < -0.39 is 0 Å². The van der Waals surface area contributed by atoms with E-state index in [4.69, 9.17) is 4.74 Å². The zero-order valence-electron chi connectivity index (χ0n) is 9.84. The highest BCUT2D eigenvalue weighted by molar-refractivity contribution is 4.69. The van der Waals surface area contributed by atoms with Crippen LogP contribution in [0.2, 0.25) is 0 Å². The predicted molar refractivity (Wildman–Crippen MR) is 58.1 cm³/mol. The van der Waals surface area contributed by atoms with Crippen LogP contribution in [-0.2, 0) is 4.74 Å². The Kier molecular flexibility index (Phi) is 7.29. The Hall–Kier alpha value is -0.0800. The van der Waals surface area contributed by atoms with Gasteiger partial charge in [0.1, 0.15) is 0 Å². The number of nitrogens with zero attached hydrogens (tertiary/aromatic N) is 1. The van der Waals surface area contributed by atoms with Gasteiger partial charge >= 0.3 is 0 Å². The van der Waals surface area contributed by atoms with Gasteiger partial charge in [-0.05, 0) is 20.9 Å². The van der Waals surface area contributed by atoms with E-state index in [0.717, 1.165) is 13.1 Å². The van der Waals surface area contributed by atoms with Crippen molar-refractivity contribution in [3.8, 4) is 0 Å². The summed E-state index contributed by atoms with van der Waals surface area (Å²) < 4.78 is 5.51. The zero-order valence-corrected chi connectivity index (χ0v) is 9.84. The first-order valence-electron chi connectivity index (χ1n) is 5.44. The molecule has 2 nitrogen and oxygen atoms in total. The number of hydrogen-bond donors (Lipinski definition) is 0. The molecule has 0 aromatic carbocycles. The molecule has 0 amide bonds. The normalized spacial score (nSPS) is 29.3. The van der Waals surface area contributed by atoms with E-state index >= 15 is 0 Å². The predicted octanol–water partition coefficient (Wildman–Crippen LogP) is 2.53. The Morgan fingerprint density at radius 2 is 1.46 bits per heavy atom. The molecule has 2 atom stereocenters. The third-order valence-corrected chi connectivity index (χ3v) is 2.10. The molecule has 1 fully saturated rings.